The van der Waals surface area contributed by atoms with Gasteiger partial charge < -0.3 is 10.0 Å². The molecule has 4 nitrogen and oxygen atoms in total. The third kappa shape index (κ3) is 2.85. The van der Waals surface area contributed by atoms with Gasteiger partial charge in [0.05, 0.1) is 12.1 Å². The van der Waals surface area contributed by atoms with Crippen molar-refractivity contribution in [2.24, 2.45) is 0 Å². The van der Waals surface area contributed by atoms with E-state index in [2.05, 4.69) is 34.2 Å². The number of aliphatic hydroxyl groups is 1. The van der Waals surface area contributed by atoms with Crippen LogP contribution < -0.4 is 4.90 Å². The predicted octanol–water partition coefficient (Wildman–Crippen LogP) is 2.73. The van der Waals surface area contributed by atoms with E-state index in [4.69, 9.17) is 5.11 Å². The zero-order chi connectivity index (χ0) is 14.7. The summed E-state index contributed by atoms with van der Waals surface area (Å²) in [5.41, 5.74) is 3.14. The van der Waals surface area contributed by atoms with Gasteiger partial charge in [-0.3, -0.25) is 4.98 Å². The first-order chi connectivity index (χ1) is 10.3. The van der Waals surface area contributed by atoms with Gasteiger partial charge in [0.2, 0.25) is 0 Å². The highest BCUT2D eigenvalue weighted by atomic mass is 16.3. The molecule has 0 unspecified atom stereocenters. The second kappa shape index (κ2) is 5.89. The number of nitrogens with zero attached hydrogens (tertiary/aromatic N) is 3. The largest absolute Gasteiger partial charge is 0.395 e. The first-order valence-electron chi connectivity index (χ1n) is 6.91. The number of benzene rings is 1. The fraction of sp³-hybridized carbons (Fsp3) is 0.176. The molecule has 106 valence electrons. The molecule has 1 N–H and O–H groups in total. The SMILES string of the molecule is CN(CCO)c1ccc(-c2ccc3cccnc3c2)cn1. The second-order valence-corrected chi connectivity index (χ2v) is 4.96. The number of hydrogen-bond donors (Lipinski definition) is 1. The van der Waals surface area contributed by atoms with Crippen molar-refractivity contribution in [2.75, 3.05) is 25.1 Å². The average molecular weight is 279 g/mol. The van der Waals surface area contributed by atoms with Crippen LogP contribution in [0, 0.1) is 0 Å². The van der Waals surface area contributed by atoms with Crippen LogP contribution in [0.2, 0.25) is 0 Å². The van der Waals surface area contributed by atoms with E-state index < -0.39 is 0 Å². The van der Waals surface area contributed by atoms with Gasteiger partial charge in [0.1, 0.15) is 5.82 Å². The molecule has 4 heteroatoms. The third-order valence-electron chi connectivity index (χ3n) is 3.51. The van der Waals surface area contributed by atoms with E-state index in [0.717, 1.165) is 27.8 Å². The van der Waals surface area contributed by atoms with Crippen molar-refractivity contribution in [3.05, 3.63) is 54.9 Å². The number of anilines is 1. The molecule has 0 bridgehead atoms. The van der Waals surface area contributed by atoms with Gasteiger partial charge in [0, 0.05) is 36.9 Å². The van der Waals surface area contributed by atoms with Crippen molar-refractivity contribution < 1.29 is 5.11 Å². The van der Waals surface area contributed by atoms with E-state index in [1.54, 1.807) is 6.20 Å². The molecule has 0 radical (unpaired) electrons. The van der Waals surface area contributed by atoms with E-state index in [1.807, 2.05) is 36.3 Å². The van der Waals surface area contributed by atoms with Crippen LogP contribution in [0.4, 0.5) is 5.82 Å². The molecule has 1 aromatic carbocycles. The van der Waals surface area contributed by atoms with Gasteiger partial charge in [0.15, 0.2) is 0 Å². The summed E-state index contributed by atoms with van der Waals surface area (Å²) in [6, 6.07) is 14.2. The van der Waals surface area contributed by atoms with Crippen LogP contribution in [0.15, 0.2) is 54.9 Å². The Morgan fingerprint density at radius 2 is 1.90 bits per heavy atom. The lowest BCUT2D eigenvalue weighted by Crippen LogP contribution is -2.21. The van der Waals surface area contributed by atoms with Gasteiger partial charge >= 0.3 is 0 Å². The molecule has 3 aromatic rings. The first-order valence-corrected chi connectivity index (χ1v) is 6.91. The molecule has 0 fully saturated rings. The number of aliphatic hydroxyl groups excluding tert-OH is 1. The maximum Gasteiger partial charge on any atom is 0.128 e. The highest BCUT2D eigenvalue weighted by Gasteiger charge is 2.04. The third-order valence-corrected chi connectivity index (χ3v) is 3.51. The van der Waals surface area contributed by atoms with Crippen molar-refractivity contribution >= 4 is 16.7 Å². The Morgan fingerprint density at radius 1 is 1.05 bits per heavy atom. The minimum absolute atomic E-state index is 0.121. The van der Waals surface area contributed by atoms with E-state index in [9.17, 15) is 0 Å². The molecule has 0 amide bonds. The Hall–Kier alpha value is -2.46. The normalized spacial score (nSPS) is 10.8. The number of fused-ring (bicyclic) bond motifs is 1. The Bertz CT molecular complexity index is 740. The summed E-state index contributed by atoms with van der Waals surface area (Å²) < 4.78 is 0. The summed E-state index contributed by atoms with van der Waals surface area (Å²) in [6.45, 7) is 0.697. The summed E-state index contributed by atoms with van der Waals surface area (Å²) in [4.78, 5) is 10.8. The van der Waals surface area contributed by atoms with E-state index in [0.29, 0.717) is 6.54 Å². The van der Waals surface area contributed by atoms with Crippen molar-refractivity contribution in [1.29, 1.82) is 0 Å². The molecule has 0 aliphatic rings. The molecule has 3 rings (SSSR count). The highest BCUT2D eigenvalue weighted by Crippen LogP contribution is 2.24. The van der Waals surface area contributed by atoms with Crippen molar-refractivity contribution in [3.63, 3.8) is 0 Å². The quantitative estimate of drug-likeness (QED) is 0.798. The Labute approximate surface area is 123 Å². The van der Waals surface area contributed by atoms with E-state index >= 15 is 0 Å². The van der Waals surface area contributed by atoms with Crippen LogP contribution in [-0.4, -0.2) is 35.3 Å². The average Bonchev–Trinajstić information content (AvgIpc) is 2.55. The lowest BCUT2D eigenvalue weighted by molar-refractivity contribution is 0.304. The molecule has 0 saturated heterocycles. The number of rotatable bonds is 4. The molecule has 0 aliphatic carbocycles. The minimum Gasteiger partial charge on any atom is -0.395 e. The highest BCUT2D eigenvalue weighted by molar-refractivity contribution is 5.83. The van der Waals surface area contributed by atoms with Crippen LogP contribution in [0.5, 0.6) is 0 Å². The summed E-state index contributed by atoms with van der Waals surface area (Å²) in [5.74, 6) is 0.853. The summed E-state index contributed by atoms with van der Waals surface area (Å²) in [6.07, 6.45) is 3.66. The van der Waals surface area contributed by atoms with Gasteiger partial charge in [-0.2, -0.15) is 0 Å². The van der Waals surface area contributed by atoms with Gasteiger partial charge in [-0.15, -0.1) is 0 Å². The van der Waals surface area contributed by atoms with Gasteiger partial charge in [0.25, 0.3) is 0 Å². The first kappa shape index (κ1) is 13.5. The van der Waals surface area contributed by atoms with E-state index in [1.165, 1.54) is 0 Å². The summed E-state index contributed by atoms with van der Waals surface area (Å²) in [7, 11) is 1.91. The van der Waals surface area contributed by atoms with E-state index in [-0.39, 0.29) is 6.61 Å². The van der Waals surface area contributed by atoms with Crippen molar-refractivity contribution in [3.8, 4) is 11.1 Å². The molecule has 0 aliphatic heterocycles. The fourth-order valence-corrected chi connectivity index (χ4v) is 2.29. The molecule has 21 heavy (non-hydrogen) atoms. The zero-order valence-electron chi connectivity index (χ0n) is 11.9. The Kier molecular flexibility index (Phi) is 3.79. The van der Waals surface area contributed by atoms with Crippen LogP contribution >= 0.6 is 0 Å². The fourth-order valence-electron chi connectivity index (χ4n) is 2.29. The maximum atomic E-state index is 8.95. The monoisotopic (exact) mass is 279 g/mol. The molecular weight excluding hydrogens is 262 g/mol. The Morgan fingerprint density at radius 3 is 2.67 bits per heavy atom. The molecule has 2 heterocycles. The lowest BCUT2D eigenvalue weighted by Gasteiger charge is -2.16. The van der Waals surface area contributed by atoms with Crippen molar-refractivity contribution in [1.82, 2.24) is 9.97 Å². The molecule has 0 atom stereocenters. The van der Waals surface area contributed by atoms with Gasteiger partial charge in [-0.05, 0) is 29.8 Å². The number of pyridine rings is 2. The zero-order valence-corrected chi connectivity index (χ0v) is 11.9. The summed E-state index contributed by atoms with van der Waals surface area (Å²) in [5, 5.41) is 10.1. The van der Waals surface area contributed by atoms with Crippen LogP contribution in [0.25, 0.3) is 22.0 Å². The van der Waals surface area contributed by atoms with Crippen LogP contribution in [0.3, 0.4) is 0 Å². The van der Waals surface area contributed by atoms with Crippen LogP contribution in [-0.2, 0) is 0 Å². The summed E-state index contributed by atoms with van der Waals surface area (Å²) >= 11 is 0. The minimum atomic E-state index is 0.121. The Balaban J connectivity index is 1.91. The molecule has 0 spiro atoms. The molecule has 0 saturated carbocycles. The number of hydrogen-bond acceptors (Lipinski definition) is 4. The molecular formula is C17H17N3O. The smallest absolute Gasteiger partial charge is 0.128 e. The van der Waals surface area contributed by atoms with Gasteiger partial charge in [-0.25, -0.2) is 4.98 Å². The second-order valence-electron chi connectivity index (χ2n) is 4.96. The number of likely N-dealkylation sites (N-methyl/N-ethyl adjacent to an activating group) is 1. The standard InChI is InChI=1S/C17H17N3O/c1-20(9-10-21)17-7-6-15(12-19-17)14-5-4-13-3-2-8-18-16(13)11-14/h2-8,11-12,21H,9-10H2,1H3. The van der Waals surface area contributed by atoms with Crippen molar-refractivity contribution in [2.45, 2.75) is 0 Å². The van der Waals surface area contributed by atoms with Crippen LogP contribution in [0.1, 0.15) is 0 Å². The maximum absolute atomic E-state index is 8.95. The number of aromatic nitrogens is 2. The molecule has 2 aromatic heterocycles. The predicted molar refractivity (Wildman–Crippen MR) is 85.3 cm³/mol. The van der Waals surface area contributed by atoms with Gasteiger partial charge in [-0.1, -0.05) is 18.2 Å². The topological polar surface area (TPSA) is 49.2 Å². The lowest BCUT2D eigenvalue weighted by atomic mass is 10.1.